The zero-order valence-electron chi connectivity index (χ0n) is 6.19. The molecule has 0 aromatic heterocycles. The van der Waals surface area contributed by atoms with Gasteiger partial charge in [0, 0.05) is 13.1 Å². The van der Waals surface area contributed by atoms with Crippen LogP contribution in [-0.2, 0) is 0 Å². The van der Waals surface area contributed by atoms with Crippen LogP contribution in [-0.4, -0.2) is 13.1 Å². The molecule has 2 radical (unpaired) electrons. The summed E-state index contributed by atoms with van der Waals surface area (Å²) >= 11 is 0. The smallest absolute Gasteiger partial charge is 0.0116 e. The number of nitrogens with one attached hydrogen (secondary N) is 3. The quantitative estimate of drug-likeness (QED) is 0.450. The van der Waals surface area contributed by atoms with Gasteiger partial charge in [0.1, 0.15) is 0 Å². The van der Waals surface area contributed by atoms with Crippen molar-refractivity contribution in [2.45, 2.75) is 19.3 Å². The van der Waals surface area contributed by atoms with Gasteiger partial charge < -0.3 is 0 Å². The summed E-state index contributed by atoms with van der Waals surface area (Å²) in [6.45, 7) is 2.01. The van der Waals surface area contributed by atoms with E-state index in [1.807, 2.05) is 0 Å². The van der Waals surface area contributed by atoms with Gasteiger partial charge in [-0.3, -0.25) is 0 Å². The predicted octanol–water partition coefficient (Wildman–Crippen LogP) is 0.178. The number of rotatable bonds is 0. The lowest BCUT2D eigenvalue weighted by Crippen LogP contribution is -2.44. The molecule has 1 heterocycles. The first-order chi connectivity index (χ1) is 5.00. The van der Waals surface area contributed by atoms with Crippen LogP contribution in [0.1, 0.15) is 19.3 Å². The van der Waals surface area contributed by atoms with Crippen LogP contribution in [0.2, 0.25) is 0 Å². The minimum atomic E-state index is 0.990. The molecule has 0 spiro atoms. The minimum absolute atomic E-state index is 0.990. The van der Waals surface area contributed by atoms with Crippen molar-refractivity contribution in [3.05, 3.63) is 12.8 Å². The number of hydrogen-bond acceptors (Lipinski definition) is 3. The second-order valence-corrected chi connectivity index (χ2v) is 2.38. The molecule has 0 saturated carbocycles. The summed E-state index contributed by atoms with van der Waals surface area (Å²) in [6.07, 6.45) is 7.96. The van der Waals surface area contributed by atoms with E-state index < -0.39 is 0 Å². The van der Waals surface area contributed by atoms with Crippen molar-refractivity contribution in [1.82, 2.24) is 16.4 Å². The van der Waals surface area contributed by atoms with Crippen LogP contribution in [0.4, 0.5) is 0 Å². The molecule has 1 aliphatic rings. The van der Waals surface area contributed by atoms with Crippen LogP contribution < -0.4 is 16.4 Å². The predicted molar refractivity (Wildman–Crippen MR) is 41.6 cm³/mol. The molecule has 0 bridgehead atoms. The summed E-state index contributed by atoms with van der Waals surface area (Å²) in [6, 6.07) is 0. The highest BCUT2D eigenvalue weighted by atomic mass is 15.6. The lowest BCUT2D eigenvalue weighted by atomic mass is 10.1. The van der Waals surface area contributed by atoms with Crippen molar-refractivity contribution in [3.8, 4) is 0 Å². The zero-order valence-corrected chi connectivity index (χ0v) is 6.19. The van der Waals surface area contributed by atoms with Crippen LogP contribution in [0.5, 0.6) is 0 Å². The Morgan fingerprint density at radius 1 is 0.900 bits per heavy atom. The van der Waals surface area contributed by atoms with Gasteiger partial charge in [-0.25, -0.2) is 10.9 Å². The van der Waals surface area contributed by atoms with Gasteiger partial charge in [0.25, 0.3) is 0 Å². The molecule has 1 fully saturated rings. The SMILES string of the molecule is [CH]1[CH]CCNNNCCC1. The third-order valence-electron chi connectivity index (χ3n) is 1.45. The van der Waals surface area contributed by atoms with E-state index in [2.05, 4.69) is 29.2 Å². The Balaban J connectivity index is 2.00. The second kappa shape index (κ2) is 5.65. The molecule has 0 unspecified atom stereocenters. The first kappa shape index (κ1) is 7.98. The van der Waals surface area contributed by atoms with E-state index in [-0.39, 0.29) is 0 Å². The highest BCUT2D eigenvalue weighted by Gasteiger charge is 1.93. The summed E-state index contributed by atoms with van der Waals surface area (Å²) in [5.74, 6) is 0. The van der Waals surface area contributed by atoms with Crippen molar-refractivity contribution < 1.29 is 0 Å². The number of hydrazine groups is 2. The number of hydrogen-bond donors (Lipinski definition) is 3. The molecule has 1 rings (SSSR count). The van der Waals surface area contributed by atoms with E-state index in [1.165, 1.54) is 12.8 Å². The monoisotopic (exact) mass is 141 g/mol. The van der Waals surface area contributed by atoms with Gasteiger partial charge in [0.2, 0.25) is 0 Å². The van der Waals surface area contributed by atoms with Gasteiger partial charge in [-0.05, 0) is 32.1 Å². The van der Waals surface area contributed by atoms with E-state index in [0.29, 0.717) is 0 Å². The molecule has 3 nitrogen and oxygen atoms in total. The summed E-state index contributed by atoms with van der Waals surface area (Å²) in [5.41, 5.74) is 9.02. The van der Waals surface area contributed by atoms with Gasteiger partial charge in [0.15, 0.2) is 0 Å². The maximum atomic E-state index is 3.06. The van der Waals surface area contributed by atoms with E-state index in [1.54, 1.807) is 0 Å². The fourth-order valence-corrected chi connectivity index (χ4v) is 0.887. The third-order valence-corrected chi connectivity index (χ3v) is 1.45. The van der Waals surface area contributed by atoms with Gasteiger partial charge in [-0.2, -0.15) is 5.53 Å². The minimum Gasteiger partial charge on any atom is -0.244 e. The van der Waals surface area contributed by atoms with Gasteiger partial charge in [-0.1, -0.05) is 0 Å². The first-order valence-electron chi connectivity index (χ1n) is 3.86. The normalized spacial score (nSPS) is 24.0. The zero-order chi connectivity index (χ0) is 7.07. The maximum Gasteiger partial charge on any atom is 0.0116 e. The Bertz CT molecular complexity index is 42.0. The fourth-order valence-electron chi connectivity index (χ4n) is 0.887. The van der Waals surface area contributed by atoms with Gasteiger partial charge in [-0.15, -0.1) is 0 Å². The summed E-state index contributed by atoms with van der Waals surface area (Å²) < 4.78 is 0. The van der Waals surface area contributed by atoms with E-state index in [9.17, 15) is 0 Å². The van der Waals surface area contributed by atoms with Gasteiger partial charge in [0.05, 0.1) is 0 Å². The molecule has 1 saturated heterocycles. The molecule has 3 N–H and O–H groups in total. The van der Waals surface area contributed by atoms with Crippen molar-refractivity contribution in [2.24, 2.45) is 0 Å². The lowest BCUT2D eigenvalue weighted by molar-refractivity contribution is 0.425. The van der Waals surface area contributed by atoms with Gasteiger partial charge >= 0.3 is 0 Å². The van der Waals surface area contributed by atoms with E-state index in [4.69, 9.17) is 0 Å². The molecule has 58 valence electrons. The third kappa shape index (κ3) is 3.82. The summed E-state index contributed by atoms with van der Waals surface area (Å²) in [5, 5.41) is 0. The topological polar surface area (TPSA) is 36.1 Å². The molecule has 0 amide bonds. The van der Waals surface area contributed by atoms with Crippen LogP contribution in [0.15, 0.2) is 0 Å². The molecule has 1 aliphatic heterocycles. The Morgan fingerprint density at radius 2 is 1.70 bits per heavy atom. The maximum absolute atomic E-state index is 3.06. The van der Waals surface area contributed by atoms with Crippen LogP contribution in [0.3, 0.4) is 0 Å². The Labute approximate surface area is 62.5 Å². The van der Waals surface area contributed by atoms with E-state index in [0.717, 1.165) is 19.5 Å². The average Bonchev–Trinajstić information content (AvgIpc) is 2.01. The molecule has 3 heteroatoms. The van der Waals surface area contributed by atoms with Crippen LogP contribution in [0.25, 0.3) is 0 Å². The largest absolute Gasteiger partial charge is 0.244 e. The molecule has 0 aliphatic carbocycles. The highest BCUT2D eigenvalue weighted by molar-refractivity contribution is 4.83. The van der Waals surface area contributed by atoms with Crippen molar-refractivity contribution >= 4 is 0 Å². The summed E-state index contributed by atoms with van der Waals surface area (Å²) in [7, 11) is 0. The molecule has 0 aromatic carbocycles. The van der Waals surface area contributed by atoms with Crippen molar-refractivity contribution in [2.75, 3.05) is 13.1 Å². The molecule has 10 heavy (non-hydrogen) atoms. The molecular formula is C7H15N3. The van der Waals surface area contributed by atoms with Crippen molar-refractivity contribution in [3.63, 3.8) is 0 Å². The second-order valence-electron chi connectivity index (χ2n) is 2.38. The Morgan fingerprint density at radius 3 is 2.70 bits per heavy atom. The Hall–Kier alpha value is -0.120. The van der Waals surface area contributed by atoms with Crippen LogP contribution in [0, 0.1) is 12.8 Å². The van der Waals surface area contributed by atoms with Crippen LogP contribution >= 0.6 is 0 Å². The molecule has 0 aromatic rings. The van der Waals surface area contributed by atoms with E-state index >= 15 is 0 Å². The van der Waals surface area contributed by atoms with Crippen molar-refractivity contribution in [1.29, 1.82) is 0 Å². The highest BCUT2D eigenvalue weighted by Crippen LogP contribution is 1.98. The lowest BCUT2D eigenvalue weighted by Gasteiger charge is -2.10. The standard InChI is InChI=1S/C7H15N3/c1-2-4-6-8-10-9-7-5-3-1/h1-2,8-10H,3-7H2. The average molecular weight is 141 g/mol. The summed E-state index contributed by atoms with van der Waals surface area (Å²) in [4.78, 5) is 0. The first-order valence-corrected chi connectivity index (χ1v) is 3.86. The fraction of sp³-hybridized carbons (Fsp3) is 0.714. The Kier molecular flexibility index (Phi) is 4.51. The molecular weight excluding hydrogens is 126 g/mol. The molecule has 0 atom stereocenters.